The van der Waals surface area contributed by atoms with Crippen molar-refractivity contribution in [3.8, 4) is 0 Å². The molecule has 0 spiro atoms. The molecule has 0 aromatic heterocycles. The second-order valence-electron chi connectivity index (χ2n) is 5.55. The van der Waals surface area contributed by atoms with E-state index in [9.17, 15) is 4.79 Å². The quantitative estimate of drug-likeness (QED) is 0.805. The highest BCUT2D eigenvalue weighted by atomic mass is 32.2. The minimum Gasteiger partial charge on any atom is -0.368 e. The monoisotopic (exact) mass is 286 g/mol. The van der Waals surface area contributed by atoms with Gasteiger partial charge in [-0.1, -0.05) is 6.42 Å². The van der Waals surface area contributed by atoms with Crippen molar-refractivity contribution >= 4 is 17.7 Å². The Kier molecular flexibility index (Phi) is 6.47. The molecule has 19 heavy (non-hydrogen) atoms. The summed E-state index contributed by atoms with van der Waals surface area (Å²) < 4.78 is 5.68. The highest BCUT2D eigenvalue weighted by Gasteiger charge is 2.23. The molecule has 110 valence electrons. The van der Waals surface area contributed by atoms with Crippen LogP contribution in [0.2, 0.25) is 0 Å². The fraction of sp³-hybridized carbons (Fsp3) is 0.929. The zero-order valence-corrected chi connectivity index (χ0v) is 12.6. The van der Waals surface area contributed by atoms with Gasteiger partial charge in [0.1, 0.15) is 6.61 Å². The lowest BCUT2D eigenvalue weighted by Crippen LogP contribution is -2.42. The number of rotatable bonds is 5. The number of piperidine rings is 1. The molecule has 0 aromatic carbocycles. The van der Waals surface area contributed by atoms with E-state index in [0.29, 0.717) is 11.3 Å². The zero-order valence-electron chi connectivity index (χ0n) is 11.8. The lowest BCUT2D eigenvalue weighted by molar-refractivity contribution is -0.129. The van der Waals surface area contributed by atoms with E-state index in [-0.39, 0.29) is 18.6 Å². The molecule has 1 heterocycles. The first-order valence-corrected chi connectivity index (χ1v) is 8.71. The number of nitrogens with one attached hydrogen (secondary N) is 2. The summed E-state index contributed by atoms with van der Waals surface area (Å²) in [5, 5.41) is 7.14. The standard InChI is InChI=1S/C14H26N2O2S/c1-19-13-4-2-3-11(9-13)16-14(17)10-18-12-5-7-15-8-6-12/h11-13,15H,2-10H2,1H3,(H,16,17). The molecular formula is C14H26N2O2S. The van der Waals surface area contributed by atoms with E-state index in [1.807, 2.05) is 11.8 Å². The molecule has 0 bridgehead atoms. The van der Waals surface area contributed by atoms with Gasteiger partial charge >= 0.3 is 0 Å². The Morgan fingerprint density at radius 1 is 1.32 bits per heavy atom. The Hall–Kier alpha value is -0.260. The summed E-state index contributed by atoms with van der Waals surface area (Å²) in [7, 11) is 0. The molecule has 1 aliphatic carbocycles. The van der Waals surface area contributed by atoms with Gasteiger partial charge in [0.15, 0.2) is 0 Å². The Morgan fingerprint density at radius 2 is 2.11 bits per heavy atom. The number of hydrogen-bond donors (Lipinski definition) is 2. The second kappa shape index (κ2) is 8.12. The predicted octanol–water partition coefficient (Wildman–Crippen LogP) is 1.55. The molecule has 2 atom stereocenters. The van der Waals surface area contributed by atoms with Crippen LogP contribution in [0.15, 0.2) is 0 Å². The molecule has 0 aromatic rings. The van der Waals surface area contributed by atoms with Crippen LogP contribution in [0.1, 0.15) is 38.5 Å². The van der Waals surface area contributed by atoms with Gasteiger partial charge in [-0.15, -0.1) is 0 Å². The third-order valence-corrected chi connectivity index (χ3v) is 5.16. The van der Waals surface area contributed by atoms with Crippen molar-refractivity contribution in [1.29, 1.82) is 0 Å². The first kappa shape index (κ1) is 15.1. The first-order valence-electron chi connectivity index (χ1n) is 7.42. The Balaban J connectivity index is 1.63. The van der Waals surface area contributed by atoms with Crippen molar-refractivity contribution in [2.24, 2.45) is 0 Å². The summed E-state index contributed by atoms with van der Waals surface area (Å²) >= 11 is 1.92. The van der Waals surface area contributed by atoms with Crippen molar-refractivity contribution in [3.05, 3.63) is 0 Å². The van der Waals surface area contributed by atoms with Gasteiger partial charge in [0, 0.05) is 11.3 Å². The number of amides is 1. The van der Waals surface area contributed by atoms with Gasteiger partial charge in [-0.2, -0.15) is 11.8 Å². The molecule has 2 rings (SSSR count). The molecule has 1 aliphatic heterocycles. The van der Waals surface area contributed by atoms with Gasteiger partial charge in [0.05, 0.1) is 6.10 Å². The first-order chi connectivity index (χ1) is 9.28. The largest absolute Gasteiger partial charge is 0.368 e. The van der Waals surface area contributed by atoms with Crippen molar-refractivity contribution in [2.45, 2.75) is 55.9 Å². The SMILES string of the molecule is CSC1CCCC(NC(=O)COC2CCNCC2)C1. The average Bonchev–Trinajstić information content (AvgIpc) is 2.46. The summed E-state index contributed by atoms with van der Waals surface area (Å²) in [4.78, 5) is 11.9. The van der Waals surface area contributed by atoms with Gasteiger partial charge in [0.25, 0.3) is 0 Å². The molecule has 5 heteroatoms. The van der Waals surface area contributed by atoms with Crippen LogP contribution < -0.4 is 10.6 Å². The minimum atomic E-state index is 0.0604. The Bertz CT molecular complexity index is 283. The molecule has 4 nitrogen and oxygen atoms in total. The predicted molar refractivity (Wildman–Crippen MR) is 79.5 cm³/mol. The fourth-order valence-corrected chi connectivity index (χ4v) is 3.74. The van der Waals surface area contributed by atoms with E-state index < -0.39 is 0 Å². The van der Waals surface area contributed by atoms with Gasteiger partial charge in [-0.3, -0.25) is 4.79 Å². The molecule has 2 unspecified atom stereocenters. The maximum atomic E-state index is 11.9. The highest BCUT2D eigenvalue weighted by Crippen LogP contribution is 2.26. The van der Waals surface area contributed by atoms with E-state index in [1.165, 1.54) is 12.8 Å². The number of carbonyl (C=O) groups is 1. The van der Waals surface area contributed by atoms with Crippen molar-refractivity contribution in [1.82, 2.24) is 10.6 Å². The fourth-order valence-electron chi connectivity index (χ4n) is 2.92. The Morgan fingerprint density at radius 3 is 2.84 bits per heavy atom. The van der Waals surface area contributed by atoms with Crippen LogP contribution in [-0.2, 0) is 9.53 Å². The molecule has 1 amide bonds. The molecule has 2 aliphatic rings. The number of ether oxygens (including phenoxy) is 1. The smallest absolute Gasteiger partial charge is 0.246 e. The molecule has 1 saturated carbocycles. The van der Waals surface area contributed by atoms with Crippen LogP contribution >= 0.6 is 11.8 Å². The molecular weight excluding hydrogens is 260 g/mol. The topological polar surface area (TPSA) is 50.4 Å². The normalized spacial score (nSPS) is 29.1. The summed E-state index contributed by atoms with van der Waals surface area (Å²) in [6.07, 6.45) is 9.21. The van der Waals surface area contributed by atoms with Crippen molar-refractivity contribution in [2.75, 3.05) is 26.0 Å². The molecule has 2 fully saturated rings. The van der Waals surface area contributed by atoms with E-state index in [0.717, 1.165) is 38.8 Å². The average molecular weight is 286 g/mol. The third kappa shape index (κ3) is 5.32. The van der Waals surface area contributed by atoms with Gasteiger partial charge in [-0.25, -0.2) is 0 Å². The molecule has 2 N–H and O–H groups in total. The van der Waals surface area contributed by atoms with Crippen molar-refractivity contribution in [3.63, 3.8) is 0 Å². The number of thioether (sulfide) groups is 1. The van der Waals surface area contributed by atoms with E-state index in [2.05, 4.69) is 16.9 Å². The van der Waals surface area contributed by atoms with Crippen LogP contribution in [0.25, 0.3) is 0 Å². The van der Waals surface area contributed by atoms with Crippen LogP contribution in [0.4, 0.5) is 0 Å². The second-order valence-corrected chi connectivity index (χ2v) is 6.69. The summed E-state index contributed by atoms with van der Waals surface area (Å²) in [6, 6.07) is 0.357. The van der Waals surface area contributed by atoms with Gasteiger partial charge in [0.2, 0.25) is 5.91 Å². The maximum Gasteiger partial charge on any atom is 0.246 e. The summed E-state index contributed by atoms with van der Waals surface area (Å²) in [5.41, 5.74) is 0. The summed E-state index contributed by atoms with van der Waals surface area (Å²) in [5.74, 6) is 0.0604. The summed E-state index contributed by atoms with van der Waals surface area (Å²) in [6.45, 7) is 2.24. The van der Waals surface area contributed by atoms with Crippen LogP contribution in [0.3, 0.4) is 0 Å². The molecule has 1 saturated heterocycles. The lowest BCUT2D eigenvalue weighted by Gasteiger charge is -2.29. The Labute approximate surface area is 120 Å². The van der Waals surface area contributed by atoms with Crippen LogP contribution in [-0.4, -0.2) is 49.3 Å². The zero-order chi connectivity index (χ0) is 13.5. The number of carbonyl (C=O) groups excluding carboxylic acids is 1. The number of hydrogen-bond acceptors (Lipinski definition) is 4. The van der Waals surface area contributed by atoms with Crippen LogP contribution in [0, 0.1) is 0 Å². The van der Waals surface area contributed by atoms with E-state index in [1.54, 1.807) is 0 Å². The van der Waals surface area contributed by atoms with E-state index >= 15 is 0 Å². The highest BCUT2D eigenvalue weighted by molar-refractivity contribution is 7.99. The van der Waals surface area contributed by atoms with Crippen molar-refractivity contribution < 1.29 is 9.53 Å². The van der Waals surface area contributed by atoms with Gasteiger partial charge < -0.3 is 15.4 Å². The van der Waals surface area contributed by atoms with E-state index in [4.69, 9.17) is 4.74 Å². The third-order valence-electron chi connectivity index (χ3n) is 4.06. The molecule has 0 radical (unpaired) electrons. The van der Waals surface area contributed by atoms with Gasteiger partial charge in [-0.05, 0) is 51.4 Å². The van der Waals surface area contributed by atoms with Crippen LogP contribution in [0.5, 0.6) is 0 Å². The minimum absolute atomic E-state index is 0.0604. The lowest BCUT2D eigenvalue weighted by atomic mass is 9.95. The maximum absolute atomic E-state index is 11.9.